The van der Waals surface area contributed by atoms with Gasteiger partial charge in [0.25, 0.3) is 0 Å². The Kier molecular flexibility index (Phi) is 1.99. The number of aliphatic imine (C=N–C) groups is 1. The molecule has 0 saturated carbocycles. The molecule has 0 spiro atoms. The highest BCUT2D eigenvalue weighted by molar-refractivity contribution is 5.60. The molecule has 54 valence electrons. The van der Waals surface area contributed by atoms with Crippen molar-refractivity contribution >= 4 is 12.0 Å². The van der Waals surface area contributed by atoms with Crippen molar-refractivity contribution < 1.29 is 1.43 Å². The summed E-state index contributed by atoms with van der Waals surface area (Å²) in [5, 5.41) is 0. The van der Waals surface area contributed by atoms with Gasteiger partial charge in [-0.2, -0.15) is 0 Å². The Balaban J connectivity index is 0.000001000. The molecule has 3 nitrogen and oxygen atoms in total. The summed E-state index contributed by atoms with van der Waals surface area (Å²) in [5.41, 5.74) is 7.01. The van der Waals surface area contributed by atoms with Gasteiger partial charge in [0.1, 0.15) is 0 Å². The molecule has 0 aliphatic heterocycles. The highest BCUT2D eigenvalue weighted by Gasteiger charge is 1.90. The fourth-order valence-electron chi connectivity index (χ4n) is 0.671. The second-order valence-corrected chi connectivity index (χ2v) is 1.94. The number of hydrogen-bond donors (Lipinski definition) is 1. The van der Waals surface area contributed by atoms with E-state index < -0.39 is 0 Å². The van der Waals surface area contributed by atoms with Gasteiger partial charge in [0.15, 0.2) is 0 Å². The first kappa shape index (κ1) is 6.74. The van der Waals surface area contributed by atoms with Crippen LogP contribution < -0.4 is 5.73 Å². The van der Waals surface area contributed by atoms with Gasteiger partial charge in [0.05, 0.1) is 18.2 Å². The largest absolute Gasteiger partial charge is 0.390 e. The van der Waals surface area contributed by atoms with Crippen molar-refractivity contribution in [2.75, 3.05) is 0 Å². The molecule has 3 heteroatoms. The summed E-state index contributed by atoms with van der Waals surface area (Å²) in [7, 11) is 0. The van der Waals surface area contributed by atoms with Crippen LogP contribution in [0.5, 0.6) is 0 Å². The summed E-state index contributed by atoms with van der Waals surface area (Å²) in [6.07, 6.45) is 4.67. The van der Waals surface area contributed by atoms with E-state index in [1.165, 1.54) is 6.34 Å². The molecular weight excluding hydrogens is 126 g/mol. The van der Waals surface area contributed by atoms with E-state index in [1.807, 2.05) is 13.0 Å². The minimum absolute atomic E-state index is 0. The molecule has 1 heterocycles. The third-order valence-electron chi connectivity index (χ3n) is 1.23. The molecule has 0 bridgehead atoms. The number of hydrogen-bond acceptors (Lipinski definition) is 2. The van der Waals surface area contributed by atoms with Crippen LogP contribution in [0, 0.1) is 6.92 Å². The molecule has 0 radical (unpaired) electrons. The summed E-state index contributed by atoms with van der Waals surface area (Å²) in [6.45, 7) is 1.96. The zero-order valence-electron chi connectivity index (χ0n) is 5.78. The van der Waals surface area contributed by atoms with Crippen LogP contribution in [-0.4, -0.2) is 11.3 Å². The van der Waals surface area contributed by atoms with Crippen LogP contribution in [0.15, 0.2) is 23.5 Å². The van der Waals surface area contributed by atoms with Crippen LogP contribution in [0.25, 0.3) is 0 Å². The summed E-state index contributed by atoms with van der Waals surface area (Å²) < 4.78 is 0. The predicted molar refractivity (Wildman–Crippen MR) is 43.4 cm³/mol. The summed E-state index contributed by atoms with van der Waals surface area (Å²) in [4.78, 5) is 7.79. The van der Waals surface area contributed by atoms with Gasteiger partial charge in [-0.25, -0.2) is 4.99 Å². The van der Waals surface area contributed by atoms with Crippen LogP contribution >= 0.6 is 0 Å². The Morgan fingerprint density at radius 3 is 3.20 bits per heavy atom. The third-order valence-corrected chi connectivity index (χ3v) is 1.23. The SMILES string of the molecule is Cc1ccncc1N=CN.[HH]. The van der Waals surface area contributed by atoms with Crippen molar-refractivity contribution in [1.29, 1.82) is 0 Å². The Labute approximate surface area is 61.1 Å². The molecule has 1 aromatic rings. The molecule has 0 aliphatic carbocycles. The Morgan fingerprint density at radius 2 is 2.60 bits per heavy atom. The van der Waals surface area contributed by atoms with Crippen molar-refractivity contribution in [3.63, 3.8) is 0 Å². The summed E-state index contributed by atoms with van der Waals surface area (Å²) in [5.74, 6) is 0. The lowest BCUT2D eigenvalue weighted by Gasteiger charge is -1.94. The molecule has 1 aromatic heterocycles. The number of aryl methyl sites for hydroxylation is 1. The molecule has 0 aliphatic rings. The summed E-state index contributed by atoms with van der Waals surface area (Å²) >= 11 is 0. The number of rotatable bonds is 1. The van der Waals surface area contributed by atoms with Gasteiger partial charge in [-0.3, -0.25) is 4.98 Å². The van der Waals surface area contributed by atoms with E-state index in [9.17, 15) is 0 Å². The van der Waals surface area contributed by atoms with Crippen LogP contribution in [0.3, 0.4) is 0 Å². The fourth-order valence-corrected chi connectivity index (χ4v) is 0.671. The molecule has 10 heavy (non-hydrogen) atoms. The van der Waals surface area contributed by atoms with Gasteiger partial charge >= 0.3 is 0 Å². The van der Waals surface area contributed by atoms with Crippen LogP contribution in [-0.2, 0) is 0 Å². The standard InChI is InChI=1S/C7H9N3.H2/c1-6-2-3-9-4-7(6)10-5-8;/h2-5H,1H3,(H2,8,10);1H. The van der Waals surface area contributed by atoms with Crippen molar-refractivity contribution in [3.8, 4) is 0 Å². The van der Waals surface area contributed by atoms with E-state index in [1.54, 1.807) is 12.4 Å². The van der Waals surface area contributed by atoms with Crippen LogP contribution in [0.4, 0.5) is 5.69 Å². The lowest BCUT2D eigenvalue weighted by atomic mass is 10.3. The van der Waals surface area contributed by atoms with Crippen molar-refractivity contribution in [1.82, 2.24) is 4.98 Å². The van der Waals surface area contributed by atoms with Crippen molar-refractivity contribution in [2.24, 2.45) is 10.7 Å². The van der Waals surface area contributed by atoms with E-state index in [0.29, 0.717) is 0 Å². The quantitative estimate of drug-likeness (QED) is 0.468. The topological polar surface area (TPSA) is 51.3 Å². The lowest BCUT2D eigenvalue weighted by molar-refractivity contribution is 1.26. The summed E-state index contributed by atoms with van der Waals surface area (Å²) in [6, 6.07) is 1.89. The first-order valence-electron chi connectivity index (χ1n) is 2.99. The number of nitrogens with two attached hydrogens (primary N) is 1. The van der Waals surface area contributed by atoms with Gasteiger partial charge < -0.3 is 5.73 Å². The Morgan fingerprint density at radius 1 is 1.80 bits per heavy atom. The Hall–Kier alpha value is -1.38. The van der Waals surface area contributed by atoms with Gasteiger partial charge in [0, 0.05) is 7.62 Å². The minimum atomic E-state index is 0. The number of aromatic nitrogens is 1. The van der Waals surface area contributed by atoms with Crippen molar-refractivity contribution in [3.05, 3.63) is 24.0 Å². The minimum Gasteiger partial charge on any atom is -0.390 e. The average molecular weight is 137 g/mol. The van der Waals surface area contributed by atoms with Crippen LogP contribution in [0.1, 0.15) is 6.99 Å². The molecule has 0 unspecified atom stereocenters. The highest BCUT2D eigenvalue weighted by Crippen LogP contribution is 2.13. The molecule has 2 N–H and O–H groups in total. The second kappa shape index (κ2) is 2.96. The van der Waals surface area contributed by atoms with Gasteiger partial charge in [-0.1, -0.05) is 0 Å². The zero-order valence-corrected chi connectivity index (χ0v) is 5.78. The molecule has 0 amide bonds. The van der Waals surface area contributed by atoms with Crippen LogP contribution in [0.2, 0.25) is 0 Å². The van der Waals surface area contributed by atoms with E-state index in [0.717, 1.165) is 11.3 Å². The van der Waals surface area contributed by atoms with Gasteiger partial charge in [-0.05, 0) is 18.6 Å². The molecule has 0 aromatic carbocycles. The Bertz CT molecular complexity index is 247. The van der Waals surface area contributed by atoms with Gasteiger partial charge in [0.2, 0.25) is 0 Å². The zero-order chi connectivity index (χ0) is 7.40. The van der Waals surface area contributed by atoms with E-state index in [2.05, 4.69) is 9.98 Å². The monoisotopic (exact) mass is 137 g/mol. The normalized spacial score (nSPS) is 10.5. The predicted octanol–water partition coefficient (Wildman–Crippen LogP) is 1.25. The third kappa shape index (κ3) is 1.31. The maximum atomic E-state index is 5.11. The van der Waals surface area contributed by atoms with E-state index in [4.69, 9.17) is 5.73 Å². The number of nitrogens with zero attached hydrogens (tertiary/aromatic N) is 2. The fraction of sp³-hybridized carbons (Fsp3) is 0.143. The smallest absolute Gasteiger partial charge is 0.0861 e. The molecule has 0 atom stereocenters. The second-order valence-electron chi connectivity index (χ2n) is 1.94. The molecule has 0 fully saturated rings. The van der Waals surface area contributed by atoms with E-state index in [-0.39, 0.29) is 1.43 Å². The maximum Gasteiger partial charge on any atom is 0.0861 e. The van der Waals surface area contributed by atoms with Gasteiger partial charge in [-0.15, -0.1) is 0 Å². The maximum absolute atomic E-state index is 5.11. The number of pyridine rings is 1. The first-order chi connectivity index (χ1) is 4.84. The van der Waals surface area contributed by atoms with Crippen molar-refractivity contribution in [2.45, 2.75) is 6.92 Å². The first-order valence-corrected chi connectivity index (χ1v) is 2.99. The highest BCUT2D eigenvalue weighted by atomic mass is 14.8. The lowest BCUT2D eigenvalue weighted by Crippen LogP contribution is -1.87. The molecule has 0 saturated heterocycles. The van der Waals surface area contributed by atoms with E-state index >= 15 is 0 Å². The molecule has 1 rings (SSSR count). The average Bonchev–Trinajstić information content (AvgIpc) is 1.94. The molecular formula is C7H11N3.